The molecule has 0 radical (unpaired) electrons. The van der Waals surface area contributed by atoms with Crippen molar-refractivity contribution < 1.29 is 13.2 Å². The molecule has 2 N–H and O–H groups in total. The average Bonchev–Trinajstić information content (AvgIpc) is 2.60. The predicted molar refractivity (Wildman–Crippen MR) is 92.4 cm³/mol. The standard InChI is InChI=1S/C21H16F3N/c1-14(25)21(15-2-8-18(22)9-3-15,16-4-10-19(23)11-5-16)17-6-12-20(24)13-7-17/h2-13H,1,25H2. The minimum absolute atomic E-state index is 0.261. The van der Waals surface area contributed by atoms with Gasteiger partial charge in [0.2, 0.25) is 0 Å². The van der Waals surface area contributed by atoms with E-state index in [1.807, 2.05) is 0 Å². The molecule has 4 heteroatoms. The molecule has 0 spiro atoms. The van der Waals surface area contributed by atoms with Gasteiger partial charge in [0.25, 0.3) is 0 Å². The molecule has 0 atom stereocenters. The van der Waals surface area contributed by atoms with Crippen LogP contribution in [0, 0.1) is 17.5 Å². The van der Waals surface area contributed by atoms with E-state index in [9.17, 15) is 13.2 Å². The zero-order chi connectivity index (χ0) is 18.0. The first-order valence-electron chi connectivity index (χ1n) is 7.67. The van der Waals surface area contributed by atoms with Crippen LogP contribution in [0.15, 0.2) is 85.1 Å². The zero-order valence-electron chi connectivity index (χ0n) is 13.3. The normalized spacial score (nSPS) is 11.3. The van der Waals surface area contributed by atoms with Crippen LogP contribution >= 0.6 is 0 Å². The lowest BCUT2D eigenvalue weighted by atomic mass is 9.67. The van der Waals surface area contributed by atoms with Crippen molar-refractivity contribution in [3.8, 4) is 0 Å². The lowest BCUT2D eigenvalue weighted by molar-refractivity contribution is 0.617. The van der Waals surface area contributed by atoms with Gasteiger partial charge in [0, 0.05) is 5.70 Å². The molecule has 0 saturated carbocycles. The molecule has 0 saturated heterocycles. The maximum Gasteiger partial charge on any atom is 0.123 e. The summed E-state index contributed by atoms with van der Waals surface area (Å²) in [4.78, 5) is 0. The monoisotopic (exact) mass is 339 g/mol. The predicted octanol–water partition coefficient (Wildman–Crippen LogP) is 4.91. The van der Waals surface area contributed by atoms with Crippen molar-refractivity contribution in [1.82, 2.24) is 0 Å². The lowest BCUT2D eigenvalue weighted by Crippen LogP contribution is -2.35. The summed E-state index contributed by atoms with van der Waals surface area (Å²) in [7, 11) is 0. The van der Waals surface area contributed by atoms with E-state index in [1.54, 1.807) is 36.4 Å². The molecule has 0 aliphatic heterocycles. The van der Waals surface area contributed by atoms with Crippen LogP contribution in [-0.4, -0.2) is 0 Å². The Morgan fingerprint density at radius 3 is 1.04 bits per heavy atom. The fourth-order valence-electron chi connectivity index (χ4n) is 3.16. The van der Waals surface area contributed by atoms with Crippen LogP contribution in [0.25, 0.3) is 0 Å². The quantitative estimate of drug-likeness (QED) is 0.672. The Morgan fingerprint density at radius 1 is 0.600 bits per heavy atom. The molecule has 0 aromatic heterocycles. The van der Waals surface area contributed by atoms with E-state index < -0.39 is 22.9 Å². The minimum Gasteiger partial charge on any atom is -0.401 e. The van der Waals surface area contributed by atoms with E-state index in [-0.39, 0.29) is 5.70 Å². The van der Waals surface area contributed by atoms with Crippen LogP contribution in [0.2, 0.25) is 0 Å². The SMILES string of the molecule is C=C(N)C(c1ccc(F)cc1)(c1ccc(F)cc1)c1ccc(F)cc1. The van der Waals surface area contributed by atoms with E-state index in [4.69, 9.17) is 5.73 Å². The number of halogens is 3. The fraction of sp³-hybridized carbons (Fsp3) is 0.0476. The Bertz CT molecular complexity index is 771. The average molecular weight is 339 g/mol. The third kappa shape index (κ3) is 2.91. The smallest absolute Gasteiger partial charge is 0.123 e. The van der Waals surface area contributed by atoms with Gasteiger partial charge in [-0.2, -0.15) is 0 Å². The van der Waals surface area contributed by atoms with Gasteiger partial charge in [-0.15, -0.1) is 0 Å². The molecular weight excluding hydrogens is 323 g/mol. The summed E-state index contributed by atoms with van der Waals surface area (Å²) < 4.78 is 40.3. The zero-order valence-corrected chi connectivity index (χ0v) is 13.3. The third-order valence-corrected chi connectivity index (χ3v) is 4.31. The molecule has 0 bridgehead atoms. The van der Waals surface area contributed by atoms with E-state index in [0.717, 1.165) is 0 Å². The molecule has 1 nitrogen and oxygen atoms in total. The van der Waals surface area contributed by atoms with Gasteiger partial charge < -0.3 is 5.73 Å². The number of benzene rings is 3. The Labute approximate surface area is 144 Å². The molecule has 0 amide bonds. The Kier molecular flexibility index (Phi) is 4.36. The van der Waals surface area contributed by atoms with E-state index in [0.29, 0.717) is 16.7 Å². The molecule has 3 rings (SSSR count). The second-order valence-corrected chi connectivity index (χ2v) is 5.80. The van der Waals surface area contributed by atoms with Crippen molar-refractivity contribution >= 4 is 0 Å². The van der Waals surface area contributed by atoms with Crippen LogP contribution in [0.3, 0.4) is 0 Å². The largest absolute Gasteiger partial charge is 0.401 e. The highest BCUT2D eigenvalue weighted by molar-refractivity contribution is 5.57. The number of rotatable bonds is 4. The fourth-order valence-corrected chi connectivity index (χ4v) is 3.16. The van der Waals surface area contributed by atoms with Crippen molar-refractivity contribution in [3.05, 3.63) is 119 Å². The molecule has 0 heterocycles. The maximum absolute atomic E-state index is 13.4. The first-order valence-corrected chi connectivity index (χ1v) is 7.67. The van der Waals surface area contributed by atoms with Gasteiger partial charge in [0.1, 0.15) is 17.5 Å². The van der Waals surface area contributed by atoms with Gasteiger partial charge in [0.05, 0.1) is 5.41 Å². The Morgan fingerprint density at radius 2 is 0.840 bits per heavy atom. The molecule has 3 aromatic rings. The summed E-state index contributed by atoms with van der Waals surface area (Å²) in [5.74, 6) is -1.17. The third-order valence-electron chi connectivity index (χ3n) is 4.31. The van der Waals surface area contributed by atoms with Crippen molar-refractivity contribution in [1.29, 1.82) is 0 Å². The van der Waals surface area contributed by atoms with Crippen LogP contribution in [0.4, 0.5) is 13.2 Å². The van der Waals surface area contributed by atoms with Crippen LogP contribution in [0.5, 0.6) is 0 Å². The summed E-state index contributed by atoms with van der Waals surface area (Å²) in [6.45, 7) is 3.92. The summed E-state index contributed by atoms with van der Waals surface area (Å²) in [5.41, 5.74) is 7.36. The molecule has 126 valence electrons. The van der Waals surface area contributed by atoms with Crippen molar-refractivity contribution in [2.45, 2.75) is 5.41 Å². The summed E-state index contributed by atoms with van der Waals surface area (Å²) >= 11 is 0. The van der Waals surface area contributed by atoms with Crippen LogP contribution < -0.4 is 5.73 Å². The number of hydrogen-bond donors (Lipinski definition) is 1. The molecule has 0 aliphatic rings. The lowest BCUT2D eigenvalue weighted by Gasteiger charge is -2.36. The van der Waals surface area contributed by atoms with Gasteiger partial charge in [-0.05, 0) is 53.1 Å². The number of allylic oxidation sites excluding steroid dienone is 1. The molecule has 0 fully saturated rings. The summed E-state index contributed by atoms with van der Waals surface area (Å²) in [6, 6.07) is 17.5. The van der Waals surface area contributed by atoms with Gasteiger partial charge in [0.15, 0.2) is 0 Å². The highest BCUT2D eigenvalue weighted by atomic mass is 19.1. The first-order chi connectivity index (χ1) is 11.9. The van der Waals surface area contributed by atoms with Crippen molar-refractivity contribution in [2.24, 2.45) is 5.73 Å². The highest BCUT2D eigenvalue weighted by Crippen LogP contribution is 2.43. The van der Waals surface area contributed by atoms with E-state index in [1.165, 1.54) is 36.4 Å². The van der Waals surface area contributed by atoms with Crippen molar-refractivity contribution in [2.75, 3.05) is 0 Å². The summed E-state index contributed by atoms with van der Waals surface area (Å²) in [5, 5.41) is 0. The van der Waals surface area contributed by atoms with E-state index >= 15 is 0 Å². The van der Waals surface area contributed by atoms with Crippen LogP contribution in [-0.2, 0) is 5.41 Å². The minimum atomic E-state index is -1.06. The topological polar surface area (TPSA) is 26.0 Å². The highest BCUT2D eigenvalue weighted by Gasteiger charge is 2.38. The second-order valence-electron chi connectivity index (χ2n) is 5.80. The van der Waals surface area contributed by atoms with Gasteiger partial charge in [-0.25, -0.2) is 13.2 Å². The Balaban J connectivity index is 2.35. The molecule has 3 aromatic carbocycles. The van der Waals surface area contributed by atoms with Crippen molar-refractivity contribution in [3.63, 3.8) is 0 Å². The Hall–Kier alpha value is -3.01. The second kappa shape index (κ2) is 6.48. The molecular formula is C21H16F3N. The van der Waals surface area contributed by atoms with Gasteiger partial charge in [-0.1, -0.05) is 43.0 Å². The molecule has 25 heavy (non-hydrogen) atoms. The number of nitrogens with two attached hydrogens (primary N) is 1. The van der Waals surface area contributed by atoms with Crippen LogP contribution in [0.1, 0.15) is 16.7 Å². The summed E-state index contributed by atoms with van der Waals surface area (Å²) in [6.07, 6.45) is 0. The molecule has 0 aliphatic carbocycles. The number of hydrogen-bond acceptors (Lipinski definition) is 1. The maximum atomic E-state index is 13.4. The molecule has 0 unspecified atom stereocenters. The van der Waals surface area contributed by atoms with Gasteiger partial charge >= 0.3 is 0 Å². The van der Waals surface area contributed by atoms with E-state index in [2.05, 4.69) is 6.58 Å². The van der Waals surface area contributed by atoms with Gasteiger partial charge in [-0.3, -0.25) is 0 Å². The first kappa shape index (κ1) is 16.8.